The average Bonchev–Trinajstić information content (AvgIpc) is 2.38. The number of halogens is 2. The zero-order valence-corrected chi connectivity index (χ0v) is 17.9. The fourth-order valence-electron chi connectivity index (χ4n) is 2.64. The molecule has 0 heterocycles. The van der Waals surface area contributed by atoms with E-state index >= 15 is 0 Å². The van der Waals surface area contributed by atoms with Gasteiger partial charge in [-0.05, 0) is 31.1 Å². The summed E-state index contributed by atoms with van der Waals surface area (Å²) in [5, 5.41) is 3.14. The van der Waals surface area contributed by atoms with E-state index in [2.05, 4.69) is 23.0 Å². The van der Waals surface area contributed by atoms with Gasteiger partial charge in [0.05, 0.1) is 0 Å². The maximum Gasteiger partial charge on any atom is -1.00 e. The van der Waals surface area contributed by atoms with Crippen LogP contribution in [0.4, 0.5) is 0 Å². The van der Waals surface area contributed by atoms with Crippen LogP contribution in [0.25, 0.3) is 0 Å². The summed E-state index contributed by atoms with van der Waals surface area (Å²) in [6.45, 7) is 8.62. The molecule has 4 nitrogen and oxygen atoms in total. The summed E-state index contributed by atoms with van der Waals surface area (Å²) >= 11 is 1.65. The molecule has 1 aliphatic rings. The van der Waals surface area contributed by atoms with Gasteiger partial charge in [0.15, 0.2) is 0 Å². The molecule has 2 N–H and O–H groups in total. The molecule has 1 fully saturated rings. The molecule has 23 heavy (non-hydrogen) atoms. The third kappa shape index (κ3) is 15.5. The summed E-state index contributed by atoms with van der Waals surface area (Å²) in [6.07, 6.45) is 8.06. The Labute approximate surface area is 166 Å². The predicted molar refractivity (Wildman–Crippen MR) is 82.1 cm³/mol. The summed E-state index contributed by atoms with van der Waals surface area (Å²) < 4.78 is 2.53. The molecule has 7 heteroatoms. The van der Waals surface area contributed by atoms with E-state index in [9.17, 15) is 9.59 Å². The maximum atomic E-state index is 11.4. The zero-order valence-electron chi connectivity index (χ0n) is 14.8. The summed E-state index contributed by atoms with van der Waals surface area (Å²) in [5.41, 5.74) is 0.419. The number of rotatable bonds is 5. The van der Waals surface area contributed by atoms with E-state index in [1.807, 2.05) is 13.8 Å². The van der Waals surface area contributed by atoms with Crippen molar-refractivity contribution in [1.29, 1.82) is 0 Å². The van der Waals surface area contributed by atoms with Gasteiger partial charge in [-0.3, -0.25) is 4.79 Å². The molecule has 0 spiro atoms. The number of hydrogen-bond acceptors (Lipinski definition) is 2. The predicted octanol–water partition coefficient (Wildman–Crippen LogP) is -2.76. The molecule has 1 unspecified atom stereocenters. The van der Waals surface area contributed by atoms with E-state index in [1.54, 1.807) is 20.7 Å². The van der Waals surface area contributed by atoms with E-state index in [-0.39, 0.29) is 36.6 Å². The molecule has 0 saturated heterocycles. The molecule has 0 bridgehead atoms. The number of amides is 2. The third-order valence-electron chi connectivity index (χ3n) is 3.66. The van der Waals surface area contributed by atoms with Crippen molar-refractivity contribution in [3.8, 4) is 0 Å². The van der Waals surface area contributed by atoms with Gasteiger partial charge in [-0.1, -0.05) is 27.2 Å². The second kappa shape index (κ2) is 15.7. The van der Waals surface area contributed by atoms with Crippen molar-refractivity contribution in [3.05, 3.63) is 0 Å². The van der Waals surface area contributed by atoms with Crippen molar-refractivity contribution in [1.82, 2.24) is 9.12 Å². The van der Waals surface area contributed by atoms with Crippen LogP contribution in [-0.4, -0.2) is 17.9 Å². The molecule has 0 radical (unpaired) electrons. The Morgan fingerprint density at radius 3 is 2.00 bits per heavy atom. The van der Waals surface area contributed by atoms with Gasteiger partial charge in [0, 0.05) is 12.5 Å². The molecule has 1 rings (SSSR count). The second-order valence-electron chi connectivity index (χ2n) is 6.57. The Morgan fingerprint density at radius 2 is 1.61 bits per heavy atom. The van der Waals surface area contributed by atoms with Gasteiger partial charge in [0.2, 0.25) is 5.91 Å². The Morgan fingerprint density at radius 1 is 1.09 bits per heavy atom. The molecule has 0 aliphatic heterocycles. The molecule has 0 aromatic carbocycles. The summed E-state index contributed by atoms with van der Waals surface area (Å²) in [4.78, 5) is 21.7. The van der Waals surface area contributed by atoms with Gasteiger partial charge >= 0.3 is 55.0 Å². The topological polar surface area (TPSA) is 58.2 Å². The third-order valence-corrected chi connectivity index (χ3v) is 4.10. The minimum Gasteiger partial charge on any atom is -1.00 e. The molecular formula is C16H31Cl2N2O2Ti. The van der Waals surface area contributed by atoms with Crippen LogP contribution in [0.1, 0.15) is 79.1 Å². The first-order valence-electron chi connectivity index (χ1n) is 8.09. The van der Waals surface area contributed by atoms with Crippen molar-refractivity contribution in [2.75, 3.05) is 0 Å². The Kier molecular flexibility index (Phi) is 19.2. The van der Waals surface area contributed by atoms with Crippen LogP contribution < -0.4 is 33.9 Å². The first-order valence-corrected chi connectivity index (χ1v) is 8.87. The number of carbonyl (C=O) groups is 2. The average molecular weight is 402 g/mol. The minimum absolute atomic E-state index is 0. The first kappa shape index (κ1) is 28.1. The van der Waals surface area contributed by atoms with Crippen LogP contribution in [0.5, 0.6) is 0 Å². The van der Waals surface area contributed by atoms with Crippen molar-refractivity contribution >= 4 is 11.8 Å². The monoisotopic (exact) mass is 401 g/mol. The standard InChI is InChI=1S/C12H23NO.C4H9NO.2ClH.Ti/c1-4-6-11(14)13-10-7-5-8-12(2,3)9-10;1-2-3-4(5)6;;;/h10H,4-9H2,1-3H3,(H,13,14);2-3H2,1H3,(H2,5,6);2*1H;/q;;;;+3/p-3. The van der Waals surface area contributed by atoms with Gasteiger partial charge in [-0.25, -0.2) is 0 Å². The van der Waals surface area contributed by atoms with Gasteiger partial charge < -0.3 is 30.1 Å². The summed E-state index contributed by atoms with van der Waals surface area (Å²) in [6, 6.07) is 0.429. The Bertz CT molecular complexity index is 329. The maximum absolute atomic E-state index is 11.4. The van der Waals surface area contributed by atoms with Crippen molar-refractivity contribution in [2.45, 2.75) is 85.1 Å². The fraction of sp³-hybridized carbons (Fsp3) is 0.875. The van der Waals surface area contributed by atoms with Gasteiger partial charge in [-0.15, -0.1) is 0 Å². The second-order valence-corrected chi connectivity index (χ2v) is 6.96. The number of hydrogen-bond donors (Lipinski definition) is 2. The van der Waals surface area contributed by atoms with Crippen LogP contribution in [0.2, 0.25) is 0 Å². The molecule has 0 aromatic heterocycles. The first-order chi connectivity index (χ1) is 9.84. The quantitative estimate of drug-likeness (QED) is 0.490. The van der Waals surface area contributed by atoms with Crippen molar-refractivity contribution in [3.63, 3.8) is 0 Å². The smallest absolute Gasteiger partial charge is 1.00 e. The molecule has 1 aliphatic carbocycles. The van der Waals surface area contributed by atoms with Gasteiger partial charge in [0.1, 0.15) is 0 Å². The molecule has 1 saturated carbocycles. The Balaban J connectivity index is -0.000000386. The zero-order chi connectivity index (χ0) is 16.3. The molecular weight excluding hydrogens is 371 g/mol. The Hall–Kier alpha value is 0.234. The number of carbonyl (C=O) groups excluding carboxylic acids is 2. The van der Waals surface area contributed by atoms with Crippen LogP contribution in [0.3, 0.4) is 0 Å². The van der Waals surface area contributed by atoms with Crippen LogP contribution >= 0.6 is 0 Å². The van der Waals surface area contributed by atoms with E-state index < -0.39 is 0 Å². The van der Waals surface area contributed by atoms with E-state index in [4.69, 9.17) is 0 Å². The van der Waals surface area contributed by atoms with Crippen molar-refractivity contribution < 1.29 is 55.1 Å². The fourth-order valence-corrected chi connectivity index (χ4v) is 2.83. The largest absolute Gasteiger partial charge is 1.00 e. The molecule has 135 valence electrons. The van der Waals surface area contributed by atoms with Gasteiger partial charge in [0.25, 0.3) is 0 Å². The van der Waals surface area contributed by atoms with E-state index in [0.717, 1.165) is 19.3 Å². The van der Waals surface area contributed by atoms with E-state index in [1.165, 1.54) is 19.3 Å². The molecule has 2 amide bonds. The minimum atomic E-state index is 0. The van der Waals surface area contributed by atoms with Gasteiger partial charge in [-0.2, -0.15) is 0 Å². The SMILES string of the molecule is CCCC(=O)NC1CCCC(C)(C)C1.CCCC(=O)[NH][Ti+2].[Cl-].[Cl-]. The molecule has 1 atom stereocenters. The summed E-state index contributed by atoms with van der Waals surface area (Å²) in [5.74, 6) is 0.359. The van der Waals surface area contributed by atoms with E-state index in [0.29, 0.717) is 24.3 Å². The molecule has 0 aromatic rings. The van der Waals surface area contributed by atoms with Crippen LogP contribution in [0, 0.1) is 5.41 Å². The normalized spacial score (nSPS) is 18.3. The van der Waals surface area contributed by atoms with Crippen molar-refractivity contribution in [2.24, 2.45) is 5.41 Å². The summed E-state index contributed by atoms with van der Waals surface area (Å²) in [7, 11) is 0. The van der Waals surface area contributed by atoms with Crippen LogP contribution in [0.15, 0.2) is 0 Å². The van der Waals surface area contributed by atoms with Crippen LogP contribution in [-0.2, 0) is 30.3 Å². The number of nitrogens with one attached hydrogen (secondary N) is 2.